The number of imidazole rings is 1. The number of halogens is 2. The van der Waals surface area contributed by atoms with Crippen molar-refractivity contribution in [3.05, 3.63) is 47.0 Å². The number of nitrogens with one attached hydrogen (secondary N) is 1. The van der Waals surface area contributed by atoms with Gasteiger partial charge >= 0.3 is 0 Å². The van der Waals surface area contributed by atoms with Gasteiger partial charge in [0.25, 0.3) is 0 Å². The van der Waals surface area contributed by atoms with E-state index in [1.165, 1.54) is 0 Å². The number of aromatic nitrogens is 5. The van der Waals surface area contributed by atoms with Gasteiger partial charge in [0, 0.05) is 30.0 Å². The maximum Gasteiger partial charge on any atom is 0.240 e. The average molecular weight is 321 g/mol. The number of anilines is 1. The van der Waals surface area contributed by atoms with Crippen LogP contribution in [0.15, 0.2) is 36.9 Å². The summed E-state index contributed by atoms with van der Waals surface area (Å²) < 4.78 is 1.68. The van der Waals surface area contributed by atoms with Crippen molar-refractivity contribution in [3.8, 4) is 17.3 Å². The fourth-order valence-corrected chi connectivity index (χ4v) is 2.13. The quantitative estimate of drug-likeness (QED) is 0.803. The molecule has 1 aromatic carbocycles. The zero-order valence-electron chi connectivity index (χ0n) is 11.0. The minimum Gasteiger partial charge on any atom is -0.357 e. The molecule has 3 aromatic rings. The molecule has 0 aliphatic rings. The Hall–Kier alpha value is -2.18. The molecule has 3 rings (SSSR count). The van der Waals surface area contributed by atoms with E-state index >= 15 is 0 Å². The van der Waals surface area contributed by atoms with E-state index in [9.17, 15) is 0 Å². The van der Waals surface area contributed by atoms with Crippen LogP contribution in [0.3, 0.4) is 0 Å². The Labute approximate surface area is 130 Å². The molecule has 0 aliphatic carbocycles. The van der Waals surface area contributed by atoms with Crippen molar-refractivity contribution in [1.29, 1.82) is 0 Å². The molecule has 2 heterocycles. The molecule has 0 unspecified atom stereocenters. The zero-order chi connectivity index (χ0) is 14.8. The third-order valence-corrected chi connectivity index (χ3v) is 3.32. The van der Waals surface area contributed by atoms with Crippen LogP contribution in [0.4, 0.5) is 5.95 Å². The van der Waals surface area contributed by atoms with Crippen LogP contribution in [-0.4, -0.2) is 31.6 Å². The van der Waals surface area contributed by atoms with E-state index < -0.39 is 0 Å². The minimum absolute atomic E-state index is 0.430. The third kappa shape index (κ3) is 2.81. The molecule has 0 radical (unpaired) electrons. The average Bonchev–Trinajstić information content (AvgIpc) is 3.03. The summed E-state index contributed by atoms with van der Waals surface area (Å²) in [6.07, 6.45) is 5.01. The van der Waals surface area contributed by atoms with Crippen molar-refractivity contribution >= 4 is 29.2 Å². The van der Waals surface area contributed by atoms with Gasteiger partial charge in [-0.15, -0.1) is 0 Å². The molecule has 0 fully saturated rings. The molecule has 0 saturated carbocycles. The fraction of sp³-hybridized carbons (Fsp3) is 0.0769. The standard InChI is InChI=1S/C13H10Cl2N6/c1-16-12-18-11(9-6-8(14)2-3-10(9)15)19-13(20-12)21-5-4-17-7-21/h2-7H,1H3,(H,16,18,19,20). The van der Waals surface area contributed by atoms with Crippen molar-refractivity contribution < 1.29 is 0 Å². The van der Waals surface area contributed by atoms with Crippen molar-refractivity contribution in [2.24, 2.45) is 0 Å². The van der Waals surface area contributed by atoms with Crippen molar-refractivity contribution in [3.63, 3.8) is 0 Å². The van der Waals surface area contributed by atoms with Gasteiger partial charge in [-0.25, -0.2) is 4.98 Å². The predicted octanol–water partition coefficient (Wildman–Crippen LogP) is 3.07. The highest BCUT2D eigenvalue weighted by Gasteiger charge is 2.12. The molecule has 0 spiro atoms. The lowest BCUT2D eigenvalue weighted by Gasteiger charge is -2.08. The molecular formula is C13H10Cl2N6. The van der Waals surface area contributed by atoms with E-state index in [0.29, 0.717) is 33.3 Å². The van der Waals surface area contributed by atoms with Gasteiger partial charge in [0.2, 0.25) is 11.9 Å². The zero-order valence-corrected chi connectivity index (χ0v) is 12.5. The monoisotopic (exact) mass is 320 g/mol. The molecule has 106 valence electrons. The molecule has 0 aliphatic heterocycles. The molecule has 0 bridgehead atoms. The Balaban J connectivity index is 2.18. The number of hydrogen-bond donors (Lipinski definition) is 1. The molecule has 0 atom stereocenters. The number of benzene rings is 1. The van der Waals surface area contributed by atoms with Crippen LogP contribution in [0.5, 0.6) is 0 Å². The summed E-state index contributed by atoms with van der Waals surface area (Å²) in [4.78, 5) is 17.0. The van der Waals surface area contributed by atoms with Gasteiger partial charge in [0.05, 0.1) is 5.02 Å². The number of nitrogens with zero attached hydrogens (tertiary/aromatic N) is 5. The van der Waals surface area contributed by atoms with E-state index in [-0.39, 0.29) is 0 Å². The highest BCUT2D eigenvalue weighted by atomic mass is 35.5. The van der Waals surface area contributed by atoms with Crippen LogP contribution in [0.2, 0.25) is 10.0 Å². The Morgan fingerprint density at radius 3 is 2.71 bits per heavy atom. The van der Waals surface area contributed by atoms with E-state index in [0.717, 1.165) is 0 Å². The van der Waals surface area contributed by atoms with Gasteiger partial charge in [0.1, 0.15) is 6.33 Å². The van der Waals surface area contributed by atoms with Gasteiger partial charge in [-0.05, 0) is 18.2 Å². The maximum absolute atomic E-state index is 6.20. The van der Waals surface area contributed by atoms with Crippen LogP contribution in [0, 0.1) is 0 Å². The summed E-state index contributed by atoms with van der Waals surface area (Å²) in [5, 5.41) is 3.98. The van der Waals surface area contributed by atoms with Crippen molar-refractivity contribution in [2.45, 2.75) is 0 Å². The maximum atomic E-state index is 6.20. The lowest BCUT2D eigenvalue weighted by atomic mass is 10.2. The van der Waals surface area contributed by atoms with Crippen LogP contribution in [0.25, 0.3) is 17.3 Å². The van der Waals surface area contributed by atoms with E-state index in [1.54, 1.807) is 48.5 Å². The van der Waals surface area contributed by atoms with E-state index in [1.807, 2.05) is 0 Å². The SMILES string of the molecule is CNc1nc(-c2cc(Cl)ccc2Cl)nc(-n2ccnc2)n1. The van der Waals surface area contributed by atoms with Gasteiger partial charge in [0.15, 0.2) is 5.82 Å². The Kier molecular flexibility index (Phi) is 3.72. The van der Waals surface area contributed by atoms with Crippen molar-refractivity contribution in [2.75, 3.05) is 12.4 Å². The summed E-state index contributed by atoms with van der Waals surface area (Å²) in [7, 11) is 1.73. The second-order valence-electron chi connectivity index (χ2n) is 4.13. The molecule has 0 amide bonds. The van der Waals surface area contributed by atoms with Crippen LogP contribution < -0.4 is 5.32 Å². The lowest BCUT2D eigenvalue weighted by molar-refractivity contribution is 0.902. The Morgan fingerprint density at radius 2 is 2.00 bits per heavy atom. The minimum atomic E-state index is 0.430. The highest BCUT2D eigenvalue weighted by molar-refractivity contribution is 6.35. The molecule has 6 nitrogen and oxygen atoms in total. The van der Waals surface area contributed by atoms with Crippen LogP contribution in [-0.2, 0) is 0 Å². The summed E-state index contributed by atoms with van der Waals surface area (Å²) in [5.41, 5.74) is 0.643. The summed E-state index contributed by atoms with van der Waals surface area (Å²) in [5.74, 6) is 1.31. The Bertz CT molecular complexity index is 772. The van der Waals surface area contributed by atoms with Gasteiger partial charge < -0.3 is 5.32 Å². The topological polar surface area (TPSA) is 68.5 Å². The molecule has 8 heteroatoms. The lowest BCUT2D eigenvalue weighted by Crippen LogP contribution is -2.07. The molecule has 21 heavy (non-hydrogen) atoms. The van der Waals surface area contributed by atoms with Gasteiger partial charge in [-0.2, -0.15) is 15.0 Å². The fourth-order valence-electron chi connectivity index (χ4n) is 1.76. The first-order valence-corrected chi connectivity index (χ1v) is 6.80. The first kappa shape index (κ1) is 13.8. The normalized spacial score (nSPS) is 10.6. The summed E-state index contributed by atoms with van der Waals surface area (Å²) in [6.45, 7) is 0. The van der Waals surface area contributed by atoms with Crippen LogP contribution >= 0.6 is 23.2 Å². The van der Waals surface area contributed by atoms with Gasteiger partial charge in [-0.1, -0.05) is 23.2 Å². The number of hydrogen-bond acceptors (Lipinski definition) is 5. The summed E-state index contributed by atoms with van der Waals surface area (Å²) >= 11 is 12.2. The third-order valence-electron chi connectivity index (χ3n) is 2.75. The molecule has 0 saturated heterocycles. The van der Waals surface area contributed by atoms with Crippen molar-refractivity contribution in [1.82, 2.24) is 24.5 Å². The highest BCUT2D eigenvalue weighted by Crippen LogP contribution is 2.29. The molecule has 1 N–H and O–H groups in total. The first-order valence-electron chi connectivity index (χ1n) is 6.05. The summed E-state index contributed by atoms with van der Waals surface area (Å²) in [6, 6.07) is 5.14. The second-order valence-corrected chi connectivity index (χ2v) is 4.97. The molecular weight excluding hydrogens is 311 g/mol. The molecule has 2 aromatic heterocycles. The van der Waals surface area contributed by atoms with Crippen LogP contribution in [0.1, 0.15) is 0 Å². The first-order chi connectivity index (χ1) is 10.2. The van der Waals surface area contributed by atoms with E-state index in [4.69, 9.17) is 23.2 Å². The Morgan fingerprint density at radius 1 is 1.14 bits per heavy atom. The van der Waals surface area contributed by atoms with Gasteiger partial charge in [-0.3, -0.25) is 4.57 Å². The largest absolute Gasteiger partial charge is 0.357 e. The predicted molar refractivity (Wildman–Crippen MR) is 82.0 cm³/mol. The van der Waals surface area contributed by atoms with E-state index in [2.05, 4.69) is 25.3 Å². The number of rotatable bonds is 3. The smallest absolute Gasteiger partial charge is 0.240 e. The second kappa shape index (κ2) is 5.67.